The second-order valence-electron chi connectivity index (χ2n) is 9.14. The number of hydrogen-bond donors (Lipinski definition) is 1. The summed E-state index contributed by atoms with van der Waals surface area (Å²) in [6.45, 7) is 1.81. The second kappa shape index (κ2) is 10.1. The first-order valence-corrected chi connectivity index (χ1v) is 11.8. The number of rotatable bonds is 6. The van der Waals surface area contributed by atoms with Crippen LogP contribution in [0.15, 0.2) is 59.0 Å². The number of carbonyl (C=O) groups excluding carboxylic acids is 1. The highest BCUT2D eigenvalue weighted by molar-refractivity contribution is 6.30. The van der Waals surface area contributed by atoms with E-state index in [4.69, 9.17) is 16.0 Å². The lowest BCUT2D eigenvalue weighted by atomic mass is 9.78. The van der Waals surface area contributed by atoms with Crippen LogP contribution in [-0.4, -0.2) is 30.9 Å². The number of amides is 1. The van der Waals surface area contributed by atoms with E-state index < -0.39 is 0 Å². The van der Waals surface area contributed by atoms with E-state index >= 15 is 0 Å². The van der Waals surface area contributed by atoms with Crippen LogP contribution in [-0.2, 0) is 0 Å². The molecule has 1 unspecified atom stereocenters. The molecule has 1 fully saturated rings. The molecule has 0 bridgehead atoms. The minimum Gasteiger partial charge on any atom is -0.461 e. The third-order valence-corrected chi connectivity index (χ3v) is 6.84. The molecule has 33 heavy (non-hydrogen) atoms. The molecule has 4 nitrogen and oxygen atoms in total. The molecule has 0 spiro atoms. The van der Waals surface area contributed by atoms with Crippen LogP contribution in [0.25, 0.3) is 11.3 Å². The maximum Gasteiger partial charge on any atom is 0.255 e. The summed E-state index contributed by atoms with van der Waals surface area (Å²) in [4.78, 5) is 15.1. The maximum absolute atomic E-state index is 13.8. The monoisotopic (exact) mass is 468 g/mol. The van der Waals surface area contributed by atoms with Crippen LogP contribution < -0.4 is 5.32 Å². The highest BCUT2D eigenvalue weighted by Crippen LogP contribution is 2.38. The molecule has 1 saturated carbocycles. The summed E-state index contributed by atoms with van der Waals surface area (Å²) < 4.78 is 19.6. The van der Waals surface area contributed by atoms with Crippen LogP contribution in [0.2, 0.25) is 5.02 Å². The van der Waals surface area contributed by atoms with E-state index in [9.17, 15) is 9.18 Å². The fourth-order valence-electron chi connectivity index (χ4n) is 4.99. The minimum atomic E-state index is -0.200. The van der Waals surface area contributed by atoms with E-state index in [-0.39, 0.29) is 23.8 Å². The van der Waals surface area contributed by atoms with E-state index in [1.54, 1.807) is 30.3 Å². The quantitative estimate of drug-likeness (QED) is 0.441. The van der Waals surface area contributed by atoms with Crippen molar-refractivity contribution in [1.82, 2.24) is 10.2 Å². The minimum absolute atomic E-state index is 0.103. The van der Waals surface area contributed by atoms with E-state index in [2.05, 4.69) is 10.2 Å². The molecule has 0 saturated heterocycles. The third kappa shape index (κ3) is 5.48. The predicted octanol–water partition coefficient (Wildman–Crippen LogP) is 6.64. The fourth-order valence-corrected chi connectivity index (χ4v) is 5.11. The molecule has 0 aliphatic heterocycles. The van der Waals surface area contributed by atoms with Crippen LogP contribution in [0, 0.1) is 18.7 Å². The van der Waals surface area contributed by atoms with Gasteiger partial charge in [-0.3, -0.25) is 4.79 Å². The average molecular weight is 469 g/mol. The molecular formula is C27H30ClFN2O2. The van der Waals surface area contributed by atoms with Gasteiger partial charge in [0.15, 0.2) is 0 Å². The van der Waals surface area contributed by atoms with Gasteiger partial charge in [0.05, 0.1) is 5.56 Å². The zero-order valence-electron chi connectivity index (χ0n) is 19.3. The van der Waals surface area contributed by atoms with Crippen molar-refractivity contribution in [2.24, 2.45) is 5.92 Å². The lowest BCUT2D eigenvalue weighted by Gasteiger charge is -2.37. The lowest BCUT2D eigenvalue weighted by molar-refractivity contribution is 0.0905. The van der Waals surface area contributed by atoms with Crippen molar-refractivity contribution in [2.45, 2.75) is 44.7 Å². The van der Waals surface area contributed by atoms with E-state index in [1.807, 2.05) is 39.2 Å². The summed E-state index contributed by atoms with van der Waals surface area (Å²) in [7, 11) is 4.09. The third-order valence-electron chi connectivity index (χ3n) is 6.59. The summed E-state index contributed by atoms with van der Waals surface area (Å²) in [6.07, 6.45) is 3.75. The standard InChI is InChI=1S/C27H30ClFN2O2/c1-17-24(16-25(33-17)18-7-11-21(28)12-8-18)27(32)30-23-13-9-19(10-14-23)26(31(2)3)20-5-4-6-22(29)15-20/h4-8,11-12,15-16,19,23,26H,9-10,13-14H2,1-3H3,(H,30,32). The molecule has 1 N–H and O–H groups in total. The van der Waals surface area contributed by atoms with Crippen LogP contribution >= 0.6 is 11.6 Å². The Labute approximate surface area is 199 Å². The number of nitrogens with zero attached hydrogens (tertiary/aromatic N) is 1. The van der Waals surface area contributed by atoms with Gasteiger partial charge in [-0.15, -0.1) is 0 Å². The predicted molar refractivity (Wildman–Crippen MR) is 130 cm³/mol. The van der Waals surface area contributed by atoms with Gasteiger partial charge in [-0.25, -0.2) is 4.39 Å². The van der Waals surface area contributed by atoms with E-state index in [0.29, 0.717) is 28.0 Å². The van der Waals surface area contributed by atoms with Gasteiger partial charge < -0.3 is 14.6 Å². The molecule has 3 aromatic rings. The largest absolute Gasteiger partial charge is 0.461 e. The van der Waals surface area contributed by atoms with Crippen LogP contribution in [0.1, 0.15) is 53.4 Å². The Morgan fingerprint density at radius 3 is 2.42 bits per heavy atom. The van der Waals surface area contributed by atoms with Crippen molar-refractivity contribution in [3.8, 4) is 11.3 Å². The lowest BCUT2D eigenvalue weighted by Crippen LogP contribution is -2.40. The van der Waals surface area contributed by atoms with Gasteiger partial charge in [0.1, 0.15) is 17.3 Å². The Kier molecular flexibility index (Phi) is 7.20. The van der Waals surface area contributed by atoms with Crippen LogP contribution in [0.5, 0.6) is 0 Å². The average Bonchev–Trinajstić information content (AvgIpc) is 3.17. The number of aryl methyl sites for hydroxylation is 1. The Morgan fingerprint density at radius 2 is 1.79 bits per heavy atom. The molecular weight excluding hydrogens is 439 g/mol. The topological polar surface area (TPSA) is 45.5 Å². The number of benzene rings is 2. The summed E-state index contributed by atoms with van der Waals surface area (Å²) in [5, 5.41) is 3.85. The summed E-state index contributed by atoms with van der Waals surface area (Å²) in [6, 6.07) is 16.3. The van der Waals surface area contributed by atoms with Gasteiger partial charge in [0.2, 0.25) is 0 Å². The first-order chi connectivity index (χ1) is 15.8. The SMILES string of the molecule is Cc1oc(-c2ccc(Cl)cc2)cc1C(=O)NC1CCC(C(c2cccc(F)c2)N(C)C)CC1. The molecule has 1 aliphatic carbocycles. The van der Waals surface area contributed by atoms with Gasteiger partial charge >= 0.3 is 0 Å². The first kappa shape index (κ1) is 23.5. The van der Waals surface area contributed by atoms with Gasteiger partial charge in [-0.05, 0) is 101 Å². The van der Waals surface area contributed by atoms with Crippen molar-refractivity contribution in [3.05, 3.63) is 82.3 Å². The number of nitrogens with one attached hydrogen (secondary N) is 1. The highest BCUT2D eigenvalue weighted by Gasteiger charge is 2.31. The van der Waals surface area contributed by atoms with Gasteiger partial charge in [0, 0.05) is 22.7 Å². The molecule has 1 aromatic heterocycles. The summed E-state index contributed by atoms with van der Waals surface area (Å²) in [5.41, 5.74) is 2.46. The number of carbonyl (C=O) groups is 1. The molecule has 2 aromatic carbocycles. The fraction of sp³-hybridized carbons (Fsp3) is 0.370. The van der Waals surface area contributed by atoms with Crippen LogP contribution in [0.4, 0.5) is 4.39 Å². The zero-order valence-corrected chi connectivity index (χ0v) is 20.0. The number of halogens is 2. The highest BCUT2D eigenvalue weighted by atomic mass is 35.5. The summed E-state index contributed by atoms with van der Waals surface area (Å²) in [5.74, 6) is 1.37. The van der Waals surface area contributed by atoms with Crippen molar-refractivity contribution < 1.29 is 13.6 Å². The number of hydrogen-bond acceptors (Lipinski definition) is 3. The Balaban J connectivity index is 1.39. The number of furan rings is 1. The molecule has 174 valence electrons. The van der Waals surface area contributed by atoms with Crippen molar-refractivity contribution in [2.75, 3.05) is 14.1 Å². The normalized spacial score (nSPS) is 19.5. The Bertz CT molecular complexity index is 1100. The van der Waals surface area contributed by atoms with Gasteiger partial charge in [-0.2, -0.15) is 0 Å². The Hall–Kier alpha value is -2.63. The molecule has 1 atom stereocenters. The van der Waals surface area contributed by atoms with E-state index in [0.717, 1.165) is 36.8 Å². The van der Waals surface area contributed by atoms with Crippen LogP contribution in [0.3, 0.4) is 0 Å². The molecule has 1 amide bonds. The molecule has 1 aliphatic rings. The van der Waals surface area contributed by atoms with Crippen molar-refractivity contribution in [1.29, 1.82) is 0 Å². The Morgan fingerprint density at radius 1 is 1.09 bits per heavy atom. The molecule has 1 heterocycles. The summed E-state index contributed by atoms with van der Waals surface area (Å²) >= 11 is 5.97. The molecule has 4 rings (SSSR count). The zero-order chi connectivity index (χ0) is 23.5. The van der Waals surface area contributed by atoms with Crippen molar-refractivity contribution in [3.63, 3.8) is 0 Å². The van der Waals surface area contributed by atoms with Gasteiger partial charge in [-0.1, -0.05) is 23.7 Å². The van der Waals surface area contributed by atoms with Gasteiger partial charge in [0.25, 0.3) is 5.91 Å². The molecule has 6 heteroatoms. The van der Waals surface area contributed by atoms with Crippen molar-refractivity contribution >= 4 is 17.5 Å². The first-order valence-electron chi connectivity index (χ1n) is 11.4. The molecule has 0 radical (unpaired) electrons. The van der Waals surface area contributed by atoms with E-state index in [1.165, 1.54) is 6.07 Å². The maximum atomic E-state index is 13.8. The second-order valence-corrected chi connectivity index (χ2v) is 9.57. The smallest absolute Gasteiger partial charge is 0.255 e.